The number of aryl methyl sites for hydroxylation is 2. The molecule has 0 amide bonds. The summed E-state index contributed by atoms with van der Waals surface area (Å²) in [6.45, 7) is 7.00. The number of nitrogens with zero attached hydrogens (tertiary/aromatic N) is 1. The average Bonchev–Trinajstić information content (AvgIpc) is 2.87. The fourth-order valence-corrected chi connectivity index (χ4v) is 3.17. The van der Waals surface area contributed by atoms with Crippen molar-refractivity contribution in [2.24, 2.45) is 5.73 Å². The number of fused-ring (bicyclic) bond motifs is 1. The largest absolute Gasteiger partial charge is 0.329 e. The van der Waals surface area contributed by atoms with Gasteiger partial charge in [0, 0.05) is 25.7 Å². The molecule has 3 rings (SSSR count). The number of nitrogens with two attached hydrogens (primary N) is 1. The van der Waals surface area contributed by atoms with Gasteiger partial charge in [-0.3, -0.25) is 4.90 Å². The van der Waals surface area contributed by atoms with Crippen LogP contribution in [0.3, 0.4) is 0 Å². The summed E-state index contributed by atoms with van der Waals surface area (Å²) in [5, 5.41) is 0. The molecule has 1 unspecified atom stereocenters. The summed E-state index contributed by atoms with van der Waals surface area (Å²) >= 11 is 0. The molecule has 0 bridgehead atoms. The van der Waals surface area contributed by atoms with Gasteiger partial charge in [-0.2, -0.15) is 0 Å². The van der Waals surface area contributed by atoms with Gasteiger partial charge in [0.15, 0.2) is 0 Å². The highest BCUT2D eigenvalue weighted by atomic mass is 15.2. The Kier molecular flexibility index (Phi) is 3.60. The zero-order chi connectivity index (χ0) is 14.1. The summed E-state index contributed by atoms with van der Waals surface area (Å²) in [4.78, 5) is 2.49. The van der Waals surface area contributed by atoms with Crippen LogP contribution in [0.5, 0.6) is 0 Å². The second-order valence-electron chi connectivity index (χ2n) is 5.79. The molecule has 0 aromatic heterocycles. The standard InChI is InChI=1S/C18H22N2/c1-13-7-8-14(2)17(9-13)18(10-19)20-11-15-5-3-4-6-16(15)12-20/h3-9,18H,10-12,19H2,1-2H3. The third-order valence-electron chi connectivity index (χ3n) is 4.32. The van der Waals surface area contributed by atoms with E-state index >= 15 is 0 Å². The van der Waals surface area contributed by atoms with E-state index in [1.54, 1.807) is 0 Å². The topological polar surface area (TPSA) is 29.3 Å². The maximum absolute atomic E-state index is 6.10. The van der Waals surface area contributed by atoms with Gasteiger partial charge in [0.1, 0.15) is 0 Å². The van der Waals surface area contributed by atoms with Crippen molar-refractivity contribution in [2.45, 2.75) is 33.0 Å². The minimum Gasteiger partial charge on any atom is -0.329 e. The maximum Gasteiger partial charge on any atom is 0.0480 e. The molecular weight excluding hydrogens is 244 g/mol. The van der Waals surface area contributed by atoms with Crippen LogP contribution in [0.4, 0.5) is 0 Å². The second kappa shape index (κ2) is 5.39. The zero-order valence-electron chi connectivity index (χ0n) is 12.3. The Morgan fingerprint density at radius 3 is 2.30 bits per heavy atom. The molecule has 1 atom stereocenters. The molecule has 0 radical (unpaired) electrons. The Morgan fingerprint density at radius 2 is 1.70 bits per heavy atom. The molecule has 0 saturated carbocycles. The van der Waals surface area contributed by atoms with Gasteiger partial charge < -0.3 is 5.73 Å². The van der Waals surface area contributed by atoms with E-state index in [2.05, 4.69) is 61.2 Å². The quantitative estimate of drug-likeness (QED) is 0.923. The van der Waals surface area contributed by atoms with E-state index in [0.29, 0.717) is 12.6 Å². The summed E-state index contributed by atoms with van der Waals surface area (Å²) in [5.41, 5.74) is 13.0. The van der Waals surface area contributed by atoms with E-state index in [0.717, 1.165) is 13.1 Å². The zero-order valence-corrected chi connectivity index (χ0v) is 12.3. The summed E-state index contributed by atoms with van der Waals surface area (Å²) in [5.74, 6) is 0. The molecular formula is C18H22N2. The van der Waals surface area contributed by atoms with Crippen molar-refractivity contribution >= 4 is 0 Å². The highest BCUT2D eigenvalue weighted by molar-refractivity contribution is 5.36. The number of hydrogen-bond donors (Lipinski definition) is 1. The Labute approximate surface area is 121 Å². The lowest BCUT2D eigenvalue weighted by atomic mass is 9.98. The first-order valence-corrected chi connectivity index (χ1v) is 7.27. The van der Waals surface area contributed by atoms with Crippen molar-refractivity contribution in [1.29, 1.82) is 0 Å². The van der Waals surface area contributed by atoms with Crippen molar-refractivity contribution in [3.8, 4) is 0 Å². The van der Waals surface area contributed by atoms with Crippen LogP contribution in [0, 0.1) is 13.8 Å². The summed E-state index contributed by atoms with van der Waals surface area (Å²) < 4.78 is 0. The van der Waals surface area contributed by atoms with Gasteiger partial charge in [0.2, 0.25) is 0 Å². The van der Waals surface area contributed by atoms with Gasteiger partial charge in [-0.1, -0.05) is 48.0 Å². The van der Waals surface area contributed by atoms with Crippen LogP contribution in [-0.4, -0.2) is 11.4 Å². The SMILES string of the molecule is Cc1ccc(C)c(C(CN)N2Cc3ccccc3C2)c1. The lowest BCUT2D eigenvalue weighted by Gasteiger charge is -2.28. The van der Waals surface area contributed by atoms with Crippen LogP contribution in [0.1, 0.15) is 33.9 Å². The molecule has 1 aliphatic heterocycles. The first-order chi connectivity index (χ1) is 9.69. The third kappa shape index (κ3) is 2.37. The van der Waals surface area contributed by atoms with E-state index in [-0.39, 0.29) is 0 Å². The monoisotopic (exact) mass is 266 g/mol. The molecule has 0 saturated heterocycles. The normalized spacial score (nSPS) is 16.1. The van der Waals surface area contributed by atoms with Gasteiger partial charge in [-0.05, 0) is 36.1 Å². The van der Waals surface area contributed by atoms with Crippen molar-refractivity contribution in [3.05, 3.63) is 70.3 Å². The van der Waals surface area contributed by atoms with Crippen LogP contribution in [0.15, 0.2) is 42.5 Å². The van der Waals surface area contributed by atoms with Crippen molar-refractivity contribution in [1.82, 2.24) is 4.90 Å². The molecule has 20 heavy (non-hydrogen) atoms. The second-order valence-corrected chi connectivity index (χ2v) is 5.79. The van der Waals surface area contributed by atoms with Gasteiger partial charge in [0.05, 0.1) is 0 Å². The van der Waals surface area contributed by atoms with Gasteiger partial charge in [0.25, 0.3) is 0 Å². The fraction of sp³-hybridized carbons (Fsp3) is 0.333. The average molecular weight is 266 g/mol. The molecule has 2 aromatic rings. The van der Waals surface area contributed by atoms with E-state index in [1.807, 2.05) is 0 Å². The van der Waals surface area contributed by atoms with Crippen LogP contribution < -0.4 is 5.73 Å². The van der Waals surface area contributed by atoms with Gasteiger partial charge >= 0.3 is 0 Å². The minimum absolute atomic E-state index is 0.308. The summed E-state index contributed by atoms with van der Waals surface area (Å²) in [6.07, 6.45) is 0. The molecule has 2 N–H and O–H groups in total. The Morgan fingerprint density at radius 1 is 1.05 bits per heavy atom. The van der Waals surface area contributed by atoms with Crippen LogP contribution in [0.25, 0.3) is 0 Å². The minimum atomic E-state index is 0.308. The van der Waals surface area contributed by atoms with Crippen molar-refractivity contribution in [2.75, 3.05) is 6.54 Å². The molecule has 0 spiro atoms. The lowest BCUT2D eigenvalue weighted by Crippen LogP contribution is -2.30. The first-order valence-electron chi connectivity index (χ1n) is 7.27. The van der Waals surface area contributed by atoms with Gasteiger partial charge in [-0.15, -0.1) is 0 Å². The molecule has 2 heteroatoms. The molecule has 0 fully saturated rings. The van der Waals surface area contributed by atoms with Crippen molar-refractivity contribution < 1.29 is 0 Å². The predicted octanol–water partition coefficient (Wildman–Crippen LogP) is 3.32. The fourth-order valence-electron chi connectivity index (χ4n) is 3.17. The Hall–Kier alpha value is -1.64. The number of hydrogen-bond acceptors (Lipinski definition) is 2. The number of benzene rings is 2. The van der Waals surface area contributed by atoms with E-state index in [9.17, 15) is 0 Å². The predicted molar refractivity (Wildman–Crippen MR) is 83.4 cm³/mol. The van der Waals surface area contributed by atoms with Gasteiger partial charge in [-0.25, -0.2) is 0 Å². The Bertz CT molecular complexity index is 594. The maximum atomic E-state index is 6.10. The highest BCUT2D eigenvalue weighted by Gasteiger charge is 2.26. The van der Waals surface area contributed by atoms with E-state index in [1.165, 1.54) is 27.8 Å². The van der Waals surface area contributed by atoms with Crippen LogP contribution in [-0.2, 0) is 13.1 Å². The first kappa shape index (κ1) is 13.3. The smallest absolute Gasteiger partial charge is 0.0480 e. The summed E-state index contributed by atoms with van der Waals surface area (Å²) in [7, 11) is 0. The molecule has 1 aliphatic rings. The molecule has 104 valence electrons. The molecule has 2 aromatic carbocycles. The number of rotatable bonds is 3. The van der Waals surface area contributed by atoms with Crippen LogP contribution in [0.2, 0.25) is 0 Å². The van der Waals surface area contributed by atoms with Crippen LogP contribution >= 0.6 is 0 Å². The lowest BCUT2D eigenvalue weighted by molar-refractivity contribution is 0.204. The molecule has 1 heterocycles. The van der Waals surface area contributed by atoms with Crippen molar-refractivity contribution in [3.63, 3.8) is 0 Å². The molecule has 2 nitrogen and oxygen atoms in total. The molecule has 0 aliphatic carbocycles. The third-order valence-corrected chi connectivity index (χ3v) is 4.32. The Balaban J connectivity index is 1.91. The highest BCUT2D eigenvalue weighted by Crippen LogP contribution is 2.32. The summed E-state index contributed by atoms with van der Waals surface area (Å²) in [6, 6.07) is 15.7. The van der Waals surface area contributed by atoms with E-state index in [4.69, 9.17) is 5.73 Å². The van der Waals surface area contributed by atoms with E-state index < -0.39 is 0 Å².